The molecule has 5 rings (SSSR count). The number of carbonyl (C=O) groups is 3. The smallest absolute Gasteiger partial charge is 0.475 e. The number of halogens is 7. The first-order valence-corrected chi connectivity index (χ1v) is 13.8. The number of nitrogens with two attached hydrogens (primary N) is 1. The van der Waals surface area contributed by atoms with E-state index in [0.717, 1.165) is 22.3 Å². The number of hydrogen-bond donors (Lipinski definition) is 6. The maximum atomic E-state index is 13.1. The molecule has 0 bridgehead atoms. The van der Waals surface area contributed by atoms with Gasteiger partial charge < -0.3 is 26.2 Å². The van der Waals surface area contributed by atoms with Crippen molar-refractivity contribution in [1.82, 2.24) is 25.5 Å². The predicted molar refractivity (Wildman–Crippen MR) is 162 cm³/mol. The van der Waals surface area contributed by atoms with Gasteiger partial charge in [-0.1, -0.05) is 41.9 Å². The molecule has 19 heteroatoms. The Labute approximate surface area is 275 Å². The fourth-order valence-electron chi connectivity index (χ4n) is 3.85. The molecule has 0 saturated carbocycles. The van der Waals surface area contributed by atoms with Crippen molar-refractivity contribution in [1.29, 1.82) is 0 Å². The number of nitrogens with one attached hydrogen (secondary N) is 3. The SMILES string of the molecule is NCc1ccc(C(=O)NC(c2ccc(Cl)cc2)c2nc3ccc(-c4cn[nH]c4)cc3c(=O)[nH]2)cc1.O=C(O)C(F)(F)F.O=C(O)C(F)(F)F. The molecule has 49 heavy (non-hydrogen) atoms. The van der Waals surface area contributed by atoms with Gasteiger partial charge in [-0.05, 0) is 53.1 Å². The first-order valence-electron chi connectivity index (χ1n) is 13.4. The largest absolute Gasteiger partial charge is 0.490 e. The van der Waals surface area contributed by atoms with Gasteiger partial charge in [-0.15, -0.1) is 0 Å². The minimum absolute atomic E-state index is 0.309. The van der Waals surface area contributed by atoms with Crippen LogP contribution in [-0.2, 0) is 16.1 Å². The Morgan fingerprint density at radius 1 is 0.878 bits per heavy atom. The molecule has 7 N–H and O–H groups in total. The third-order valence-electron chi connectivity index (χ3n) is 6.24. The topological polar surface area (TPSA) is 204 Å². The Morgan fingerprint density at radius 3 is 1.94 bits per heavy atom. The van der Waals surface area contributed by atoms with Crippen molar-refractivity contribution in [2.75, 3.05) is 0 Å². The van der Waals surface area contributed by atoms with Crippen molar-refractivity contribution in [3.8, 4) is 11.1 Å². The molecule has 258 valence electrons. The summed E-state index contributed by atoms with van der Waals surface area (Å²) in [5.74, 6) is -5.51. The summed E-state index contributed by atoms with van der Waals surface area (Å²) in [6.07, 6.45) is -6.73. The second-order valence-corrected chi connectivity index (χ2v) is 10.1. The average Bonchev–Trinajstić information content (AvgIpc) is 3.59. The van der Waals surface area contributed by atoms with Crippen LogP contribution in [0.3, 0.4) is 0 Å². The number of rotatable bonds is 6. The molecule has 2 heterocycles. The van der Waals surface area contributed by atoms with Gasteiger partial charge in [0.2, 0.25) is 0 Å². The quantitative estimate of drug-likeness (QED) is 0.128. The Balaban J connectivity index is 0.000000392. The van der Waals surface area contributed by atoms with E-state index in [1.54, 1.807) is 73.1 Å². The lowest BCUT2D eigenvalue weighted by Crippen LogP contribution is -2.32. The van der Waals surface area contributed by atoms with Crippen LogP contribution in [0.2, 0.25) is 5.02 Å². The van der Waals surface area contributed by atoms with E-state index in [-0.39, 0.29) is 11.5 Å². The van der Waals surface area contributed by atoms with Crippen LogP contribution in [0.25, 0.3) is 22.0 Å². The molecule has 12 nitrogen and oxygen atoms in total. The van der Waals surface area contributed by atoms with Gasteiger partial charge in [0, 0.05) is 28.9 Å². The monoisotopic (exact) mass is 712 g/mol. The highest BCUT2D eigenvalue weighted by atomic mass is 35.5. The number of aromatic nitrogens is 4. The van der Waals surface area contributed by atoms with E-state index in [1.807, 2.05) is 6.07 Å². The molecule has 0 saturated heterocycles. The molecule has 5 aromatic rings. The van der Waals surface area contributed by atoms with Gasteiger partial charge in [-0.25, -0.2) is 14.6 Å². The van der Waals surface area contributed by atoms with Gasteiger partial charge in [-0.3, -0.25) is 14.7 Å². The Morgan fingerprint density at radius 2 is 1.45 bits per heavy atom. The zero-order valence-electron chi connectivity index (χ0n) is 24.4. The second-order valence-electron chi connectivity index (χ2n) is 9.63. The molecular weight excluding hydrogens is 690 g/mol. The highest BCUT2D eigenvalue weighted by Gasteiger charge is 2.38. The van der Waals surface area contributed by atoms with Crippen LogP contribution in [0, 0.1) is 0 Å². The van der Waals surface area contributed by atoms with E-state index >= 15 is 0 Å². The van der Waals surface area contributed by atoms with Gasteiger partial charge in [0.05, 0.1) is 17.1 Å². The summed E-state index contributed by atoms with van der Waals surface area (Å²) in [6.45, 7) is 0.389. The second kappa shape index (κ2) is 15.9. The van der Waals surface area contributed by atoms with Crippen LogP contribution < -0.4 is 16.6 Å². The standard InChI is InChI=1S/C26H21ClN6O2.2C2HF3O2/c27-20-8-5-16(6-9-20)23(32-25(34)17-3-1-15(12-28)2-4-17)24-31-22-10-7-18(19-13-29-30-14-19)11-21(22)26(35)33-24;2*3-2(4,5)1(6)7/h1-11,13-14,23H,12,28H2,(H,29,30)(H,32,34)(H,31,33,35);2*(H,6,7). The molecule has 2 aromatic heterocycles. The maximum absolute atomic E-state index is 13.1. The number of hydrogen-bond acceptors (Lipinski definition) is 7. The summed E-state index contributed by atoms with van der Waals surface area (Å²) >= 11 is 6.08. The number of aromatic amines is 2. The number of amides is 1. The Hall–Kier alpha value is -5.75. The van der Waals surface area contributed by atoms with Crippen molar-refractivity contribution >= 4 is 40.3 Å². The molecule has 1 atom stereocenters. The molecule has 0 fully saturated rings. The summed E-state index contributed by atoms with van der Waals surface area (Å²) in [5.41, 5.74) is 9.68. The van der Waals surface area contributed by atoms with Crippen LogP contribution in [0.5, 0.6) is 0 Å². The van der Waals surface area contributed by atoms with E-state index in [9.17, 15) is 35.9 Å². The van der Waals surface area contributed by atoms with Gasteiger partial charge in [0.15, 0.2) is 0 Å². The van der Waals surface area contributed by atoms with Gasteiger partial charge in [0.1, 0.15) is 11.9 Å². The third-order valence-corrected chi connectivity index (χ3v) is 6.50. The normalized spacial score (nSPS) is 11.8. The molecule has 0 aliphatic rings. The summed E-state index contributed by atoms with van der Waals surface area (Å²) < 4.78 is 63.5. The van der Waals surface area contributed by atoms with Crippen molar-refractivity contribution in [2.45, 2.75) is 24.9 Å². The van der Waals surface area contributed by atoms with Crippen LogP contribution in [0.15, 0.2) is 83.9 Å². The van der Waals surface area contributed by atoms with Crippen LogP contribution >= 0.6 is 11.6 Å². The summed E-state index contributed by atoms with van der Waals surface area (Å²) in [4.78, 5) is 51.5. The number of alkyl halides is 6. The van der Waals surface area contributed by atoms with E-state index in [4.69, 9.17) is 37.1 Å². The van der Waals surface area contributed by atoms with Crippen LogP contribution in [-0.4, -0.2) is 60.6 Å². The van der Waals surface area contributed by atoms with Crippen molar-refractivity contribution in [3.05, 3.63) is 117 Å². The molecule has 3 aromatic carbocycles. The zero-order valence-corrected chi connectivity index (χ0v) is 25.2. The van der Waals surface area contributed by atoms with E-state index in [2.05, 4.69) is 25.5 Å². The number of H-pyrrole nitrogens is 2. The predicted octanol–water partition coefficient (Wildman–Crippen LogP) is 5.21. The molecular formula is C30H23ClF6N6O6. The maximum Gasteiger partial charge on any atom is 0.490 e. The number of carbonyl (C=O) groups excluding carboxylic acids is 1. The van der Waals surface area contributed by atoms with E-state index in [0.29, 0.717) is 33.9 Å². The number of benzene rings is 3. The molecule has 0 spiro atoms. The number of fused-ring (bicyclic) bond motifs is 1. The fraction of sp³-hybridized carbons (Fsp3) is 0.133. The minimum atomic E-state index is -5.08. The van der Waals surface area contributed by atoms with Crippen molar-refractivity contribution in [2.24, 2.45) is 5.73 Å². The lowest BCUT2D eigenvalue weighted by atomic mass is 10.0. The minimum Gasteiger partial charge on any atom is -0.475 e. The van der Waals surface area contributed by atoms with Gasteiger partial charge >= 0.3 is 24.3 Å². The summed E-state index contributed by atoms with van der Waals surface area (Å²) in [6, 6.07) is 18.8. The summed E-state index contributed by atoms with van der Waals surface area (Å²) in [7, 11) is 0. The molecule has 0 radical (unpaired) electrons. The van der Waals surface area contributed by atoms with E-state index in [1.165, 1.54) is 0 Å². The van der Waals surface area contributed by atoms with Crippen LogP contribution in [0.1, 0.15) is 33.4 Å². The zero-order chi connectivity index (χ0) is 36.5. The third kappa shape index (κ3) is 10.6. The van der Waals surface area contributed by atoms with E-state index < -0.39 is 30.3 Å². The van der Waals surface area contributed by atoms with Gasteiger partial charge in [-0.2, -0.15) is 31.4 Å². The number of carboxylic acids is 2. The molecule has 1 unspecified atom stereocenters. The lowest BCUT2D eigenvalue weighted by molar-refractivity contribution is -0.193. The first kappa shape index (κ1) is 37.7. The number of nitrogens with zero attached hydrogens (tertiary/aromatic N) is 2. The summed E-state index contributed by atoms with van der Waals surface area (Å²) in [5, 5.41) is 25.0. The average molecular weight is 713 g/mol. The molecule has 0 aliphatic carbocycles. The fourth-order valence-corrected chi connectivity index (χ4v) is 3.98. The highest BCUT2D eigenvalue weighted by molar-refractivity contribution is 6.30. The molecule has 1 amide bonds. The Kier molecular flexibility index (Phi) is 12.2. The van der Waals surface area contributed by atoms with Gasteiger partial charge in [0.25, 0.3) is 11.5 Å². The Bertz CT molecular complexity index is 1940. The number of carboxylic acid groups (broad SMARTS) is 2. The van der Waals surface area contributed by atoms with Crippen molar-refractivity contribution in [3.63, 3.8) is 0 Å². The van der Waals surface area contributed by atoms with Crippen LogP contribution in [0.4, 0.5) is 26.3 Å². The number of aliphatic carboxylic acids is 2. The first-order chi connectivity index (χ1) is 22.9. The highest BCUT2D eigenvalue weighted by Crippen LogP contribution is 2.25. The molecule has 0 aliphatic heterocycles. The van der Waals surface area contributed by atoms with Crippen molar-refractivity contribution < 1.29 is 50.9 Å². The lowest BCUT2D eigenvalue weighted by Gasteiger charge is -2.19.